The van der Waals surface area contributed by atoms with Gasteiger partial charge in [0.05, 0.1) is 22.5 Å². The Morgan fingerprint density at radius 1 is 1.43 bits per heavy atom. The molecule has 0 aliphatic rings. The first-order valence-corrected chi connectivity index (χ1v) is 11.4. The van der Waals surface area contributed by atoms with Crippen molar-refractivity contribution in [2.75, 3.05) is 13.2 Å². The third-order valence-corrected chi connectivity index (χ3v) is 5.27. The van der Waals surface area contributed by atoms with Crippen LogP contribution >= 0.6 is 15.9 Å². The maximum Gasteiger partial charge on any atom is 0.340 e. The number of carbonyl (C=O) groups is 2. The van der Waals surface area contributed by atoms with Gasteiger partial charge in [-0.05, 0) is 35.0 Å². The van der Waals surface area contributed by atoms with Crippen molar-refractivity contribution in [3.05, 3.63) is 21.9 Å². The summed E-state index contributed by atoms with van der Waals surface area (Å²) >= 11 is 3.34. The van der Waals surface area contributed by atoms with E-state index in [1.807, 2.05) is 0 Å². The second-order valence-electron chi connectivity index (χ2n) is 5.88. The van der Waals surface area contributed by atoms with Gasteiger partial charge >= 0.3 is 5.97 Å². The number of halogens is 1. The first-order valence-electron chi connectivity index (χ1n) is 6.89. The lowest BCUT2D eigenvalue weighted by molar-refractivity contribution is 0.0521. The number of aldehydes is 1. The predicted molar refractivity (Wildman–Crippen MR) is 87.6 cm³/mol. The van der Waals surface area contributed by atoms with Crippen LogP contribution in [-0.2, 0) is 16.2 Å². The molecule has 0 aliphatic carbocycles. The average Bonchev–Trinajstić information content (AvgIpc) is 2.70. The van der Waals surface area contributed by atoms with Crippen molar-refractivity contribution in [1.29, 1.82) is 0 Å². The summed E-state index contributed by atoms with van der Waals surface area (Å²) in [5.41, 5.74) is 0.529. The Balaban J connectivity index is 2.78. The van der Waals surface area contributed by atoms with E-state index in [-0.39, 0.29) is 24.6 Å². The fourth-order valence-corrected chi connectivity index (χ4v) is 2.98. The summed E-state index contributed by atoms with van der Waals surface area (Å²) in [6.07, 6.45) is 0.652. The third-order valence-electron chi connectivity index (χ3n) is 2.91. The Morgan fingerprint density at radius 3 is 2.62 bits per heavy atom. The zero-order valence-electron chi connectivity index (χ0n) is 12.9. The number of hydrogen-bond donors (Lipinski definition) is 0. The summed E-state index contributed by atoms with van der Waals surface area (Å²) in [5.74, 6) is -0.499. The molecule has 0 spiro atoms. The number of rotatable bonds is 8. The summed E-state index contributed by atoms with van der Waals surface area (Å²) in [6, 6.07) is 2.64. The third kappa shape index (κ3) is 5.41. The van der Waals surface area contributed by atoms with E-state index < -0.39 is 14.0 Å². The molecule has 0 fully saturated rings. The maximum absolute atomic E-state index is 11.8. The van der Waals surface area contributed by atoms with E-state index in [0.29, 0.717) is 17.5 Å². The van der Waals surface area contributed by atoms with Crippen molar-refractivity contribution < 1.29 is 19.1 Å². The van der Waals surface area contributed by atoms with Crippen molar-refractivity contribution in [3.8, 4) is 0 Å². The number of nitrogens with zero attached hydrogens (tertiary/aromatic N) is 1. The Labute approximate surface area is 134 Å². The van der Waals surface area contributed by atoms with E-state index >= 15 is 0 Å². The smallest absolute Gasteiger partial charge is 0.340 e. The van der Waals surface area contributed by atoms with Gasteiger partial charge in [0.2, 0.25) is 0 Å². The average molecular weight is 376 g/mol. The summed E-state index contributed by atoms with van der Waals surface area (Å²) in [4.78, 5) is 23.1. The van der Waals surface area contributed by atoms with E-state index in [9.17, 15) is 9.59 Å². The van der Waals surface area contributed by atoms with Crippen LogP contribution in [0, 0.1) is 0 Å². The van der Waals surface area contributed by atoms with Crippen LogP contribution in [0.25, 0.3) is 0 Å². The minimum absolute atomic E-state index is 0.235. The van der Waals surface area contributed by atoms with Gasteiger partial charge in [-0.3, -0.25) is 4.79 Å². The lowest BCUT2D eigenvalue weighted by Crippen LogP contribution is -2.22. The second kappa shape index (κ2) is 7.91. The molecule has 1 aromatic rings. The van der Waals surface area contributed by atoms with Crippen molar-refractivity contribution in [2.24, 2.45) is 0 Å². The SMILES string of the molecule is CCOC(=O)c1cc(Br)n(COCC[Si](C)(C)C)c1C=O. The fourth-order valence-electron chi connectivity index (χ4n) is 1.70. The molecule has 0 N–H and O–H groups in total. The van der Waals surface area contributed by atoms with Gasteiger partial charge in [0, 0.05) is 14.7 Å². The molecule has 0 bridgehead atoms. The lowest BCUT2D eigenvalue weighted by Gasteiger charge is -2.16. The summed E-state index contributed by atoms with van der Waals surface area (Å²) in [5, 5.41) is 0. The number of esters is 1. The Bertz CT molecular complexity index is 508. The van der Waals surface area contributed by atoms with Crippen molar-refractivity contribution >= 4 is 36.3 Å². The first-order chi connectivity index (χ1) is 9.80. The normalized spacial score (nSPS) is 11.5. The zero-order valence-corrected chi connectivity index (χ0v) is 15.5. The molecule has 118 valence electrons. The molecule has 0 aliphatic heterocycles. The largest absolute Gasteiger partial charge is 0.462 e. The molecule has 0 saturated carbocycles. The number of carbonyl (C=O) groups excluding carboxylic acids is 2. The molecule has 0 aromatic carbocycles. The van der Waals surface area contributed by atoms with Crippen LogP contribution < -0.4 is 0 Å². The highest BCUT2D eigenvalue weighted by Gasteiger charge is 2.20. The predicted octanol–water partition coefficient (Wildman–Crippen LogP) is 3.55. The van der Waals surface area contributed by atoms with Crippen LogP contribution in [0.1, 0.15) is 27.8 Å². The van der Waals surface area contributed by atoms with Crippen LogP contribution in [0.3, 0.4) is 0 Å². The van der Waals surface area contributed by atoms with Crippen molar-refractivity contribution in [1.82, 2.24) is 4.57 Å². The molecule has 0 radical (unpaired) electrons. The minimum atomic E-state index is -1.14. The van der Waals surface area contributed by atoms with Gasteiger partial charge in [0.15, 0.2) is 6.29 Å². The van der Waals surface area contributed by atoms with Crippen molar-refractivity contribution in [2.45, 2.75) is 39.3 Å². The van der Waals surface area contributed by atoms with E-state index in [1.54, 1.807) is 17.6 Å². The number of aromatic nitrogens is 1. The first kappa shape index (κ1) is 18.1. The lowest BCUT2D eigenvalue weighted by atomic mass is 10.2. The van der Waals surface area contributed by atoms with Gasteiger partial charge in [0.1, 0.15) is 6.73 Å². The number of ether oxygens (including phenoxy) is 2. The van der Waals surface area contributed by atoms with E-state index in [4.69, 9.17) is 9.47 Å². The van der Waals surface area contributed by atoms with Gasteiger partial charge in [-0.1, -0.05) is 19.6 Å². The van der Waals surface area contributed by atoms with E-state index in [1.165, 1.54) is 0 Å². The van der Waals surface area contributed by atoms with E-state index in [2.05, 4.69) is 35.6 Å². The van der Waals surface area contributed by atoms with Gasteiger partial charge in [-0.15, -0.1) is 0 Å². The quantitative estimate of drug-likeness (QED) is 0.301. The van der Waals surface area contributed by atoms with Crippen molar-refractivity contribution in [3.63, 3.8) is 0 Å². The monoisotopic (exact) mass is 375 g/mol. The molecule has 0 unspecified atom stereocenters. The molecular formula is C14H22BrNO4Si. The molecule has 21 heavy (non-hydrogen) atoms. The van der Waals surface area contributed by atoms with Gasteiger partial charge < -0.3 is 14.0 Å². The minimum Gasteiger partial charge on any atom is -0.462 e. The summed E-state index contributed by atoms with van der Waals surface area (Å²) < 4.78 is 12.8. The van der Waals surface area contributed by atoms with Crippen LogP contribution in [0.15, 0.2) is 10.7 Å². The molecule has 5 nitrogen and oxygen atoms in total. The summed E-state index contributed by atoms with van der Waals surface area (Å²) in [6.45, 7) is 9.70. The highest BCUT2D eigenvalue weighted by atomic mass is 79.9. The molecule has 1 aromatic heterocycles. The molecule has 0 amide bonds. The van der Waals surface area contributed by atoms with Crippen LogP contribution in [0.2, 0.25) is 25.7 Å². The second-order valence-corrected chi connectivity index (χ2v) is 12.3. The molecule has 0 saturated heterocycles. The van der Waals surface area contributed by atoms with Gasteiger partial charge in [-0.2, -0.15) is 0 Å². The Kier molecular flexibility index (Phi) is 6.83. The molecular weight excluding hydrogens is 354 g/mol. The topological polar surface area (TPSA) is 57.5 Å². The Hall–Kier alpha value is -0.923. The van der Waals surface area contributed by atoms with Crippen LogP contribution in [0.5, 0.6) is 0 Å². The Morgan fingerprint density at radius 2 is 2.10 bits per heavy atom. The highest BCUT2D eigenvalue weighted by Crippen LogP contribution is 2.21. The summed E-state index contributed by atoms with van der Waals surface area (Å²) in [7, 11) is -1.14. The maximum atomic E-state index is 11.8. The van der Waals surface area contributed by atoms with Crippen LogP contribution in [0.4, 0.5) is 0 Å². The van der Waals surface area contributed by atoms with Crippen LogP contribution in [-0.4, -0.2) is 38.1 Å². The van der Waals surface area contributed by atoms with E-state index in [0.717, 1.165) is 6.04 Å². The van der Waals surface area contributed by atoms with Gasteiger partial charge in [-0.25, -0.2) is 4.79 Å². The zero-order chi connectivity index (χ0) is 16.0. The molecule has 0 atom stereocenters. The molecule has 1 heterocycles. The van der Waals surface area contributed by atoms with Gasteiger partial charge in [0.25, 0.3) is 0 Å². The fraction of sp³-hybridized carbons (Fsp3) is 0.571. The number of hydrogen-bond acceptors (Lipinski definition) is 4. The molecule has 1 rings (SSSR count). The standard InChI is InChI=1S/C14H22BrNO4Si/c1-5-20-14(18)11-8-13(15)16(12(11)9-17)10-19-6-7-21(2,3)4/h8-9H,5-7,10H2,1-4H3. The highest BCUT2D eigenvalue weighted by molar-refractivity contribution is 9.10. The molecule has 7 heteroatoms.